The van der Waals surface area contributed by atoms with Gasteiger partial charge < -0.3 is 15.2 Å². The first-order valence-corrected chi connectivity index (χ1v) is 11.3. The number of carbonyl (C=O) groups is 2. The highest BCUT2D eigenvalue weighted by Crippen LogP contribution is 2.33. The zero-order valence-electron chi connectivity index (χ0n) is 18.8. The van der Waals surface area contributed by atoms with E-state index in [1.807, 2.05) is 6.07 Å². The lowest BCUT2D eigenvalue weighted by Gasteiger charge is -2.13. The van der Waals surface area contributed by atoms with E-state index in [4.69, 9.17) is 21.4 Å². The number of para-hydroxylation sites is 2. The number of hydrogen-bond donors (Lipinski definition) is 2. The number of fused-ring (bicyclic) bond motifs is 1. The van der Waals surface area contributed by atoms with Crippen LogP contribution in [0.4, 0.5) is 10.1 Å². The summed E-state index contributed by atoms with van der Waals surface area (Å²) in [6, 6.07) is 19.2. The third-order valence-electron chi connectivity index (χ3n) is 5.34. The first-order chi connectivity index (χ1) is 17.4. The Hall–Kier alpha value is -4.48. The van der Waals surface area contributed by atoms with E-state index in [-0.39, 0.29) is 40.3 Å². The second-order valence-electron chi connectivity index (χ2n) is 7.79. The molecule has 4 rings (SSSR count). The second-order valence-corrected chi connectivity index (χ2v) is 8.20. The van der Waals surface area contributed by atoms with Gasteiger partial charge in [0.1, 0.15) is 17.6 Å². The number of aliphatic carboxylic acids is 1. The van der Waals surface area contributed by atoms with Crippen molar-refractivity contribution in [2.45, 2.75) is 12.8 Å². The summed E-state index contributed by atoms with van der Waals surface area (Å²) in [5, 5.41) is 21.7. The fourth-order valence-corrected chi connectivity index (χ4v) is 3.80. The van der Waals surface area contributed by atoms with Crippen molar-refractivity contribution in [1.29, 1.82) is 5.26 Å². The number of benzene rings is 3. The molecule has 7 nitrogen and oxygen atoms in total. The molecule has 9 heteroatoms. The Labute approximate surface area is 210 Å². The number of ether oxygens (including phenoxy) is 1. The Balaban J connectivity index is 1.63. The van der Waals surface area contributed by atoms with Crippen LogP contribution in [-0.4, -0.2) is 28.6 Å². The maximum absolute atomic E-state index is 14.2. The molecule has 0 saturated heterocycles. The van der Waals surface area contributed by atoms with Crippen molar-refractivity contribution < 1.29 is 23.8 Å². The van der Waals surface area contributed by atoms with Crippen LogP contribution < -0.4 is 10.1 Å². The van der Waals surface area contributed by atoms with E-state index in [1.54, 1.807) is 30.3 Å². The average Bonchev–Trinajstić information content (AvgIpc) is 2.87. The van der Waals surface area contributed by atoms with E-state index in [9.17, 15) is 19.2 Å². The lowest BCUT2D eigenvalue weighted by atomic mass is 10.0. The highest BCUT2D eigenvalue weighted by atomic mass is 35.5. The van der Waals surface area contributed by atoms with Gasteiger partial charge in [-0.05, 0) is 55.0 Å². The molecule has 1 heterocycles. The topological polar surface area (TPSA) is 112 Å². The number of aromatic nitrogens is 1. The monoisotopic (exact) mass is 503 g/mol. The minimum atomic E-state index is -0.913. The van der Waals surface area contributed by atoms with Crippen molar-refractivity contribution in [3.05, 3.63) is 88.7 Å². The lowest BCUT2D eigenvalue weighted by Crippen LogP contribution is -2.13. The standard InChI is InChI=1S/C27H19ClFN3O4/c28-20-11-10-16(27(35)32-23-6-1-2-8-24(23)36-12-4-9-25(33)34)13-18(20)26-17(15-30)14-19-21(29)5-3-7-22(19)31-26/h1-3,5-8,10-11,13-14H,4,9,12H2,(H,32,35)(H,33,34). The fourth-order valence-electron chi connectivity index (χ4n) is 3.59. The van der Waals surface area contributed by atoms with Crippen molar-refractivity contribution in [2.75, 3.05) is 11.9 Å². The molecule has 1 aromatic heterocycles. The molecule has 1 amide bonds. The summed E-state index contributed by atoms with van der Waals surface area (Å²) in [4.78, 5) is 28.2. The quantitative estimate of drug-likeness (QED) is 0.282. The average molecular weight is 504 g/mol. The van der Waals surface area contributed by atoms with Crippen LogP contribution in [0.1, 0.15) is 28.8 Å². The Bertz CT molecular complexity index is 1520. The molecule has 0 fully saturated rings. The van der Waals surface area contributed by atoms with E-state index in [0.717, 1.165) is 0 Å². The van der Waals surface area contributed by atoms with E-state index in [1.165, 1.54) is 36.4 Å². The Morgan fingerprint density at radius 1 is 1.11 bits per heavy atom. The van der Waals surface area contributed by atoms with Gasteiger partial charge in [0.15, 0.2) is 0 Å². The Morgan fingerprint density at radius 3 is 2.69 bits per heavy atom. The number of amides is 1. The molecule has 180 valence electrons. The number of nitriles is 1. The highest BCUT2D eigenvalue weighted by Gasteiger charge is 2.17. The number of nitrogens with one attached hydrogen (secondary N) is 1. The van der Waals surface area contributed by atoms with Gasteiger partial charge in [0.25, 0.3) is 5.91 Å². The maximum atomic E-state index is 14.2. The summed E-state index contributed by atoms with van der Waals surface area (Å²) in [5.74, 6) is -1.47. The number of hydrogen-bond acceptors (Lipinski definition) is 5. The number of halogens is 2. The van der Waals surface area contributed by atoms with Crippen LogP contribution in [-0.2, 0) is 4.79 Å². The first-order valence-electron chi connectivity index (χ1n) is 10.9. The van der Waals surface area contributed by atoms with E-state index in [2.05, 4.69) is 10.3 Å². The SMILES string of the molecule is N#Cc1cc2c(F)cccc2nc1-c1cc(C(=O)Nc2ccccc2OCCCC(=O)O)ccc1Cl. The van der Waals surface area contributed by atoms with Gasteiger partial charge in [-0.2, -0.15) is 5.26 Å². The molecule has 0 aliphatic carbocycles. The van der Waals surface area contributed by atoms with E-state index >= 15 is 0 Å². The van der Waals surface area contributed by atoms with Crippen LogP contribution in [0.25, 0.3) is 22.2 Å². The molecule has 36 heavy (non-hydrogen) atoms. The number of carboxylic acids is 1. The molecule has 2 N–H and O–H groups in total. The van der Waals surface area contributed by atoms with Crippen LogP contribution in [0.2, 0.25) is 5.02 Å². The maximum Gasteiger partial charge on any atom is 0.303 e. The summed E-state index contributed by atoms with van der Waals surface area (Å²) >= 11 is 6.41. The molecule has 0 atom stereocenters. The molecular formula is C27H19ClFN3O4. The summed E-state index contributed by atoms with van der Waals surface area (Å²) in [7, 11) is 0. The molecule has 3 aromatic carbocycles. The molecule has 0 spiro atoms. The summed E-state index contributed by atoms with van der Waals surface area (Å²) in [5.41, 5.74) is 1.71. The molecule has 0 unspecified atom stereocenters. The second kappa shape index (κ2) is 10.8. The minimum Gasteiger partial charge on any atom is -0.491 e. The largest absolute Gasteiger partial charge is 0.491 e. The third-order valence-corrected chi connectivity index (χ3v) is 5.67. The molecule has 0 saturated carbocycles. The fraction of sp³-hybridized carbons (Fsp3) is 0.111. The molecular weight excluding hydrogens is 485 g/mol. The lowest BCUT2D eigenvalue weighted by molar-refractivity contribution is -0.137. The van der Waals surface area contributed by atoms with Crippen molar-refractivity contribution in [2.24, 2.45) is 0 Å². The normalized spacial score (nSPS) is 10.6. The molecule has 0 radical (unpaired) electrons. The summed E-state index contributed by atoms with van der Waals surface area (Å²) < 4.78 is 19.8. The van der Waals surface area contributed by atoms with Crippen molar-refractivity contribution in [3.63, 3.8) is 0 Å². The van der Waals surface area contributed by atoms with Gasteiger partial charge in [0, 0.05) is 22.9 Å². The third kappa shape index (κ3) is 5.43. The molecule has 0 bridgehead atoms. The van der Waals surface area contributed by atoms with Crippen LogP contribution in [0.3, 0.4) is 0 Å². The number of carboxylic acid groups (broad SMARTS) is 1. The van der Waals surface area contributed by atoms with E-state index in [0.29, 0.717) is 28.9 Å². The number of carbonyl (C=O) groups excluding carboxylic acids is 1. The summed E-state index contributed by atoms with van der Waals surface area (Å²) in [6.45, 7) is 0.176. The van der Waals surface area contributed by atoms with Gasteiger partial charge >= 0.3 is 5.97 Å². The van der Waals surface area contributed by atoms with Crippen LogP contribution in [0, 0.1) is 17.1 Å². The smallest absolute Gasteiger partial charge is 0.303 e. The molecule has 0 aliphatic heterocycles. The van der Waals surface area contributed by atoms with Gasteiger partial charge in [-0.25, -0.2) is 9.37 Å². The van der Waals surface area contributed by atoms with Gasteiger partial charge in [-0.3, -0.25) is 9.59 Å². The Morgan fingerprint density at radius 2 is 1.92 bits per heavy atom. The number of rotatable bonds is 8. The van der Waals surface area contributed by atoms with E-state index < -0.39 is 17.7 Å². The van der Waals surface area contributed by atoms with Gasteiger partial charge in [-0.15, -0.1) is 0 Å². The van der Waals surface area contributed by atoms with Crippen LogP contribution in [0.5, 0.6) is 5.75 Å². The van der Waals surface area contributed by atoms with Crippen molar-refractivity contribution in [3.8, 4) is 23.1 Å². The molecule has 4 aromatic rings. The Kier molecular flexibility index (Phi) is 7.42. The number of pyridine rings is 1. The zero-order chi connectivity index (χ0) is 25.7. The predicted molar refractivity (Wildman–Crippen MR) is 134 cm³/mol. The predicted octanol–water partition coefficient (Wildman–Crippen LogP) is 6.06. The zero-order valence-corrected chi connectivity index (χ0v) is 19.6. The van der Waals surface area contributed by atoms with Crippen molar-refractivity contribution in [1.82, 2.24) is 4.98 Å². The van der Waals surface area contributed by atoms with Crippen molar-refractivity contribution >= 4 is 40.1 Å². The number of nitrogens with zero attached hydrogens (tertiary/aromatic N) is 2. The van der Waals surface area contributed by atoms with Crippen LogP contribution in [0.15, 0.2) is 66.7 Å². The van der Waals surface area contributed by atoms with Crippen LogP contribution >= 0.6 is 11.6 Å². The summed E-state index contributed by atoms with van der Waals surface area (Å²) in [6.07, 6.45) is 0.296. The minimum absolute atomic E-state index is 0.0256. The van der Waals surface area contributed by atoms with Gasteiger partial charge in [0.2, 0.25) is 0 Å². The highest BCUT2D eigenvalue weighted by molar-refractivity contribution is 6.33. The van der Waals surface area contributed by atoms with Gasteiger partial charge in [-0.1, -0.05) is 29.8 Å². The molecule has 0 aliphatic rings. The van der Waals surface area contributed by atoms with Gasteiger partial charge in [0.05, 0.1) is 34.1 Å². The number of anilines is 1. The first kappa shape index (κ1) is 24.6.